The molecule has 0 bridgehead atoms. The minimum Gasteiger partial charge on any atom is -0.393 e. The van der Waals surface area contributed by atoms with E-state index in [-0.39, 0.29) is 0 Å². The summed E-state index contributed by atoms with van der Waals surface area (Å²) in [5.41, 5.74) is 9.06. The van der Waals surface area contributed by atoms with Crippen LogP contribution in [0.5, 0.6) is 0 Å². The number of hydrogen-bond donors (Lipinski definition) is 1. The highest BCUT2D eigenvalue weighted by Gasteiger charge is 2.10. The predicted molar refractivity (Wildman–Crippen MR) is 95.1 cm³/mol. The molecule has 0 heterocycles. The van der Waals surface area contributed by atoms with Gasteiger partial charge in [0.2, 0.25) is 0 Å². The third-order valence-electron chi connectivity index (χ3n) is 3.32. The van der Waals surface area contributed by atoms with Gasteiger partial charge in [0, 0.05) is 30.2 Å². The Kier molecular flexibility index (Phi) is 5.59. The Balaban J connectivity index is 2.21. The van der Waals surface area contributed by atoms with Gasteiger partial charge in [0.1, 0.15) is 0 Å². The zero-order valence-electron chi connectivity index (χ0n) is 12.1. The number of thiocarbonyl (C=S) groups is 1. The van der Waals surface area contributed by atoms with Gasteiger partial charge in [-0.05, 0) is 36.2 Å². The number of nitrogens with zero attached hydrogens (tertiary/aromatic N) is 1. The molecule has 0 aliphatic rings. The smallest absolute Gasteiger partial charge is 0.0745 e. The second-order valence-corrected chi connectivity index (χ2v) is 6.00. The number of rotatable bonds is 6. The Bertz CT molecular complexity index is 613. The van der Waals surface area contributed by atoms with Crippen molar-refractivity contribution in [2.45, 2.75) is 19.9 Å². The van der Waals surface area contributed by atoms with Crippen molar-refractivity contribution >= 4 is 34.5 Å². The number of benzene rings is 2. The van der Waals surface area contributed by atoms with Gasteiger partial charge in [0.25, 0.3) is 0 Å². The molecule has 21 heavy (non-hydrogen) atoms. The van der Waals surface area contributed by atoms with E-state index in [0.717, 1.165) is 34.9 Å². The summed E-state index contributed by atoms with van der Waals surface area (Å²) in [6, 6.07) is 16.4. The summed E-state index contributed by atoms with van der Waals surface area (Å²) in [7, 11) is 0. The monoisotopic (exact) mass is 318 g/mol. The van der Waals surface area contributed by atoms with Crippen LogP contribution in [0.25, 0.3) is 0 Å². The largest absolute Gasteiger partial charge is 0.393 e. The summed E-state index contributed by atoms with van der Waals surface area (Å²) in [6.45, 7) is 3.56. The van der Waals surface area contributed by atoms with Crippen LogP contribution in [0.3, 0.4) is 0 Å². The van der Waals surface area contributed by atoms with Crippen LogP contribution in [0.2, 0.25) is 5.02 Å². The molecule has 2 N–H and O–H groups in total. The van der Waals surface area contributed by atoms with Gasteiger partial charge in [-0.3, -0.25) is 0 Å². The van der Waals surface area contributed by atoms with Crippen molar-refractivity contribution in [3.05, 3.63) is 64.7 Å². The SMILES string of the molecule is Cc1ccc(CN(CCC(N)=S)c2ccccc2)c(Cl)c1. The molecule has 2 aromatic carbocycles. The normalized spacial score (nSPS) is 10.4. The van der Waals surface area contributed by atoms with Crippen LogP contribution in [0.4, 0.5) is 5.69 Å². The predicted octanol–water partition coefficient (Wildman–Crippen LogP) is 4.33. The van der Waals surface area contributed by atoms with E-state index >= 15 is 0 Å². The van der Waals surface area contributed by atoms with E-state index in [1.165, 1.54) is 0 Å². The topological polar surface area (TPSA) is 29.3 Å². The van der Waals surface area contributed by atoms with Crippen LogP contribution in [0, 0.1) is 6.92 Å². The van der Waals surface area contributed by atoms with Crippen LogP contribution in [-0.4, -0.2) is 11.5 Å². The van der Waals surface area contributed by atoms with Crippen molar-refractivity contribution in [3.63, 3.8) is 0 Å². The Morgan fingerprint density at radius 1 is 1.19 bits per heavy atom. The Morgan fingerprint density at radius 3 is 2.52 bits per heavy atom. The molecule has 0 spiro atoms. The van der Waals surface area contributed by atoms with E-state index in [0.29, 0.717) is 11.4 Å². The van der Waals surface area contributed by atoms with Crippen molar-refractivity contribution in [2.75, 3.05) is 11.4 Å². The molecule has 0 amide bonds. The summed E-state index contributed by atoms with van der Waals surface area (Å²) in [6.07, 6.45) is 0.688. The first-order chi connectivity index (χ1) is 10.1. The highest BCUT2D eigenvalue weighted by atomic mass is 35.5. The Morgan fingerprint density at radius 2 is 1.90 bits per heavy atom. The van der Waals surface area contributed by atoms with Crippen LogP contribution in [0.15, 0.2) is 48.5 Å². The maximum atomic E-state index is 6.35. The lowest BCUT2D eigenvalue weighted by atomic mass is 10.1. The van der Waals surface area contributed by atoms with E-state index in [9.17, 15) is 0 Å². The maximum Gasteiger partial charge on any atom is 0.0745 e. The van der Waals surface area contributed by atoms with Crippen molar-refractivity contribution in [2.24, 2.45) is 5.73 Å². The lowest BCUT2D eigenvalue weighted by Crippen LogP contribution is -2.27. The molecule has 0 aliphatic carbocycles. The first kappa shape index (κ1) is 15.8. The van der Waals surface area contributed by atoms with Crippen molar-refractivity contribution in [3.8, 4) is 0 Å². The summed E-state index contributed by atoms with van der Waals surface area (Å²) in [4.78, 5) is 2.78. The third kappa shape index (κ3) is 4.73. The van der Waals surface area contributed by atoms with E-state index in [2.05, 4.69) is 29.2 Å². The fraction of sp³-hybridized carbons (Fsp3) is 0.235. The third-order valence-corrected chi connectivity index (χ3v) is 3.88. The van der Waals surface area contributed by atoms with Crippen molar-refractivity contribution < 1.29 is 0 Å². The lowest BCUT2D eigenvalue weighted by Gasteiger charge is -2.25. The summed E-state index contributed by atoms with van der Waals surface area (Å²) >= 11 is 11.3. The van der Waals surface area contributed by atoms with Gasteiger partial charge in [0.05, 0.1) is 4.99 Å². The minimum atomic E-state index is 0.533. The zero-order chi connectivity index (χ0) is 15.2. The van der Waals surface area contributed by atoms with Crippen LogP contribution < -0.4 is 10.6 Å². The molecule has 0 unspecified atom stereocenters. The van der Waals surface area contributed by atoms with Crippen molar-refractivity contribution in [1.82, 2.24) is 0 Å². The molecule has 0 saturated heterocycles. The van der Waals surface area contributed by atoms with E-state index in [4.69, 9.17) is 29.6 Å². The molecule has 2 rings (SSSR count). The molecule has 0 saturated carbocycles. The summed E-state index contributed by atoms with van der Waals surface area (Å²) in [5, 5.41) is 0.797. The number of aryl methyl sites for hydroxylation is 1. The van der Waals surface area contributed by atoms with Gasteiger partial charge in [-0.2, -0.15) is 0 Å². The number of hydrogen-bond acceptors (Lipinski definition) is 2. The minimum absolute atomic E-state index is 0.533. The second kappa shape index (κ2) is 7.43. The van der Waals surface area contributed by atoms with Crippen LogP contribution in [0.1, 0.15) is 17.5 Å². The average molecular weight is 319 g/mol. The Hall–Kier alpha value is -1.58. The first-order valence-corrected chi connectivity index (χ1v) is 7.68. The molecule has 0 atom stereocenters. The molecule has 0 radical (unpaired) electrons. The fourth-order valence-corrected chi connectivity index (χ4v) is 2.56. The molecule has 4 heteroatoms. The maximum absolute atomic E-state index is 6.35. The average Bonchev–Trinajstić information content (AvgIpc) is 2.46. The van der Waals surface area contributed by atoms with E-state index in [1.807, 2.05) is 31.2 Å². The second-order valence-electron chi connectivity index (χ2n) is 5.07. The Labute approximate surface area is 136 Å². The van der Waals surface area contributed by atoms with Crippen LogP contribution >= 0.6 is 23.8 Å². The fourth-order valence-electron chi connectivity index (χ4n) is 2.17. The highest BCUT2D eigenvalue weighted by Crippen LogP contribution is 2.23. The molecule has 0 fully saturated rings. The number of para-hydroxylation sites is 1. The molecule has 2 aromatic rings. The van der Waals surface area contributed by atoms with Gasteiger partial charge in [-0.25, -0.2) is 0 Å². The summed E-state index contributed by atoms with van der Waals surface area (Å²) < 4.78 is 0. The highest BCUT2D eigenvalue weighted by molar-refractivity contribution is 7.80. The quantitative estimate of drug-likeness (QED) is 0.804. The number of nitrogens with two attached hydrogens (primary N) is 1. The molecule has 0 aromatic heterocycles. The van der Waals surface area contributed by atoms with Gasteiger partial charge in [-0.1, -0.05) is 54.2 Å². The van der Waals surface area contributed by atoms with Crippen LogP contribution in [-0.2, 0) is 6.54 Å². The van der Waals surface area contributed by atoms with Gasteiger partial charge >= 0.3 is 0 Å². The number of anilines is 1. The summed E-state index contributed by atoms with van der Waals surface area (Å²) in [5.74, 6) is 0. The standard InChI is InChI=1S/C17H19ClN2S/c1-13-7-8-14(16(18)11-13)12-20(10-9-17(19)21)15-5-3-2-4-6-15/h2-8,11H,9-10,12H2,1H3,(H2,19,21). The van der Waals surface area contributed by atoms with Gasteiger partial charge in [0.15, 0.2) is 0 Å². The number of halogens is 1. The lowest BCUT2D eigenvalue weighted by molar-refractivity contribution is 0.806. The molecule has 110 valence electrons. The molecular formula is C17H19ClN2S. The van der Waals surface area contributed by atoms with Gasteiger partial charge in [-0.15, -0.1) is 0 Å². The molecule has 0 aliphatic heterocycles. The molecule has 2 nitrogen and oxygen atoms in total. The first-order valence-electron chi connectivity index (χ1n) is 6.89. The van der Waals surface area contributed by atoms with Gasteiger partial charge < -0.3 is 10.6 Å². The van der Waals surface area contributed by atoms with Crippen molar-refractivity contribution in [1.29, 1.82) is 0 Å². The van der Waals surface area contributed by atoms with E-state index < -0.39 is 0 Å². The van der Waals surface area contributed by atoms with E-state index in [1.54, 1.807) is 0 Å². The zero-order valence-corrected chi connectivity index (χ0v) is 13.6. The molecular weight excluding hydrogens is 300 g/mol.